The second kappa shape index (κ2) is 5.32. The van der Waals surface area contributed by atoms with Crippen molar-refractivity contribution in [3.63, 3.8) is 0 Å². The van der Waals surface area contributed by atoms with Crippen LogP contribution in [0.15, 0.2) is 30.6 Å². The number of benzene rings is 1. The molecule has 2 N–H and O–H groups in total. The van der Waals surface area contributed by atoms with Crippen molar-refractivity contribution < 1.29 is 4.74 Å². The van der Waals surface area contributed by atoms with Crippen LogP contribution in [0.1, 0.15) is 24.2 Å². The molecule has 1 fully saturated rings. The Kier molecular flexibility index (Phi) is 3.30. The highest BCUT2D eigenvalue weighted by molar-refractivity contribution is 5.50. The molecule has 2 aliphatic heterocycles. The lowest BCUT2D eigenvalue weighted by atomic mass is 9.80. The minimum absolute atomic E-state index is 0.0660. The van der Waals surface area contributed by atoms with Gasteiger partial charge in [-0.15, -0.1) is 0 Å². The number of hydrogen-bond donors (Lipinski definition) is 2. The Bertz CT molecular complexity index is 641. The highest BCUT2D eigenvalue weighted by atomic mass is 16.5. The first-order valence-electron chi connectivity index (χ1n) is 7.97. The molecule has 0 unspecified atom stereocenters. The van der Waals surface area contributed by atoms with E-state index in [1.807, 2.05) is 18.5 Å². The molecule has 1 saturated heterocycles. The van der Waals surface area contributed by atoms with Crippen molar-refractivity contribution in [2.24, 2.45) is 0 Å². The molecule has 1 spiro atoms. The summed E-state index contributed by atoms with van der Waals surface area (Å²) in [5, 5.41) is 3.74. The molecule has 5 nitrogen and oxygen atoms in total. The number of ether oxygens (including phenoxy) is 1. The SMILES string of the molecule is COc1ccc(N2CCC3(CC2)NCCc2[nH]cnc23)cc1. The quantitative estimate of drug-likeness (QED) is 0.891. The molecule has 0 atom stereocenters. The third-order valence-electron chi connectivity index (χ3n) is 5.06. The highest BCUT2D eigenvalue weighted by Gasteiger charge is 2.41. The van der Waals surface area contributed by atoms with Crippen molar-refractivity contribution in [1.82, 2.24) is 15.3 Å². The third kappa shape index (κ3) is 2.16. The summed E-state index contributed by atoms with van der Waals surface area (Å²) in [5.41, 5.74) is 3.90. The summed E-state index contributed by atoms with van der Waals surface area (Å²) in [6.45, 7) is 3.13. The molecular weight excluding hydrogens is 276 g/mol. The van der Waals surface area contributed by atoms with Gasteiger partial charge in [0, 0.05) is 37.4 Å². The summed E-state index contributed by atoms with van der Waals surface area (Å²) in [4.78, 5) is 10.4. The molecule has 0 bridgehead atoms. The summed E-state index contributed by atoms with van der Waals surface area (Å²) in [6.07, 6.45) is 5.09. The molecule has 0 saturated carbocycles. The molecule has 2 aromatic rings. The van der Waals surface area contributed by atoms with E-state index < -0.39 is 0 Å². The number of nitrogens with zero attached hydrogens (tertiary/aromatic N) is 2. The fourth-order valence-electron chi connectivity index (χ4n) is 3.79. The third-order valence-corrected chi connectivity index (χ3v) is 5.06. The zero-order chi connectivity index (χ0) is 15.0. The predicted octanol–water partition coefficient (Wildman–Crippen LogP) is 2.06. The van der Waals surface area contributed by atoms with Crippen LogP contribution in [-0.4, -0.2) is 36.7 Å². The molecule has 5 heteroatoms. The van der Waals surface area contributed by atoms with Crippen LogP contribution in [0.2, 0.25) is 0 Å². The Morgan fingerprint density at radius 3 is 2.68 bits per heavy atom. The highest BCUT2D eigenvalue weighted by Crippen LogP contribution is 2.37. The van der Waals surface area contributed by atoms with E-state index in [1.54, 1.807) is 7.11 Å². The van der Waals surface area contributed by atoms with Crippen LogP contribution in [0.3, 0.4) is 0 Å². The van der Waals surface area contributed by atoms with Crippen molar-refractivity contribution in [3.8, 4) is 5.75 Å². The Hall–Kier alpha value is -2.01. The molecular formula is C17H22N4O. The lowest BCUT2D eigenvalue weighted by molar-refractivity contribution is 0.243. The molecule has 0 amide bonds. The molecule has 116 valence electrons. The zero-order valence-electron chi connectivity index (χ0n) is 12.9. The van der Waals surface area contributed by atoms with Gasteiger partial charge < -0.3 is 19.9 Å². The Balaban J connectivity index is 1.51. The van der Waals surface area contributed by atoms with E-state index in [0.29, 0.717) is 0 Å². The molecule has 22 heavy (non-hydrogen) atoms. The maximum Gasteiger partial charge on any atom is 0.119 e. The standard InChI is InChI=1S/C17H22N4O/c1-22-14-4-2-13(3-5-14)21-10-7-17(8-11-21)16-15(6-9-20-17)18-12-19-16/h2-5,12,20H,6-11H2,1H3,(H,18,19). The van der Waals surface area contributed by atoms with Crippen LogP contribution in [0.4, 0.5) is 5.69 Å². The minimum atomic E-state index is 0.0660. The second-order valence-corrected chi connectivity index (χ2v) is 6.17. The summed E-state index contributed by atoms with van der Waals surface area (Å²) in [6, 6.07) is 8.35. The zero-order valence-corrected chi connectivity index (χ0v) is 12.9. The number of imidazole rings is 1. The van der Waals surface area contributed by atoms with Crippen LogP contribution >= 0.6 is 0 Å². The van der Waals surface area contributed by atoms with Crippen molar-refractivity contribution >= 4 is 5.69 Å². The van der Waals surface area contributed by atoms with Crippen LogP contribution in [0, 0.1) is 0 Å². The number of aromatic nitrogens is 2. The second-order valence-electron chi connectivity index (χ2n) is 6.17. The average molecular weight is 298 g/mol. The average Bonchev–Trinajstić information content (AvgIpc) is 3.06. The van der Waals surface area contributed by atoms with E-state index in [2.05, 4.69) is 32.3 Å². The number of piperidine rings is 1. The number of nitrogens with one attached hydrogen (secondary N) is 2. The first-order chi connectivity index (χ1) is 10.8. The molecule has 1 aromatic heterocycles. The first kappa shape index (κ1) is 13.6. The summed E-state index contributed by atoms with van der Waals surface area (Å²) in [5.74, 6) is 0.910. The van der Waals surface area contributed by atoms with E-state index >= 15 is 0 Å². The van der Waals surface area contributed by atoms with Crippen molar-refractivity contribution in [2.75, 3.05) is 31.6 Å². The fourth-order valence-corrected chi connectivity index (χ4v) is 3.79. The molecule has 0 aliphatic carbocycles. The van der Waals surface area contributed by atoms with Crippen LogP contribution < -0.4 is 15.0 Å². The Morgan fingerprint density at radius 2 is 1.95 bits per heavy atom. The maximum atomic E-state index is 5.24. The summed E-state index contributed by atoms with van der Waals surface area (Å²) in [7, 11) is 1.70. The fraction of sp³-hybridized carbons (Fsp3) is 0.471. The predicted molar refractivity (Wildman–Crippen MR) is 86.4 cm³/mol. The minimum Gasteiger partial charge on any atom is -0.497 e. The van der Waals surface area contributed by atoms with Gasteiger partial charge in [0.25, 0.3) is 0 Å². The normalized spacial score (nSPS) is 20.0. The topological polar surface area (TPSA) is 53.2 Å². The molecule has 2 aliphatic rings. The van der Waals surface area contributed by atoms with E-state index in [-0.39, 0.29) is 5.54 Å². The number of rotatable bonds is 2. The van der Waals surface area contributed by atoms with E-state index in [9.17, 15) is 0 Å². The van der Waals surface area contributed by atoms with Gasteiger partial charge in [-0.25, -0.2) is 4.98 Å². The largest absolute Gasteiger partial charge is 0.497 e. The number of methoxy groups -OCH3 is 1. The maximum absolute atomic E-state index is 5.24. The van der Waals surface area contributed by atoms with E-state index in [1.165, 1.54) is 17.1 Å². The lowest BCUT2D eigenvalue weighted by Gasteiger charge is -2.44. The summed E-state index contributed by atoms with van der Waals surface area (Å²) < 4.78 is 5.24. The van der Waals surface area contributed by atoms with Gasteiger partial charge in [-0.05, 0) is 37.1 Å². The molecule has 0 radical (unpaired) electrons. The van der Waals surface area contributed by atoms with Gasteiger partial charge in [0.05, 0.1) is 24.7 Å². The number of hydrogen-bond acceptors (Lipinski definition) is 4. The van der Waals surface area contributed by atoms with E-state index in [0.717, 1.165) is 44.6 Å². The Labute approximate surface area is 130 Å². The molecule has 4 rings (SSSR count). The van der Waals surface area contributed by atoms with Crippen LogP contribution in [0.25, 0.3) is 0 Å². The van der Waals surface area contributed by atoms with Crippen molar-refractivity contribution in [2.45, 2.75) is 24.8 Å². The molecule has 1 aromatic carbocycles. The van der Waals surface area contributed by atoms with Gasteiger partial charge >= 0.3 is 0 Å². The van der Waals surface area contributed by atoms with E-state index in [4.69, 9.17) is 4.74 Å². The van der Waals surface area contributed by atoms with Crippen LogP contribution in [-0.2, 0) is 12.0 Å². The monoisotopic (exact) mass is 298 g/mol. The van der Waals surface area contributed by atoms with Gasteiger partial charge in [0.1, 0.15) is 5.75 Å². The summed E-state index contributed by atoms with van der Waals surface area (Å²) >= 11 is 0. The number of H-pyrrole nitrogens is 1. The smallest absolute Gasteiger partial charge is 0.119 e. The molecule has 3 heterocycles. The first-order valence-corrected chi connectivity index (χ1v) is 7.97. The van der Waals surface area contributed by atoms with Gasteiger partial charge in [0.15, 0.2) is 0 Å². The van der Waals surface area contributed by atoms with Gasteiger partial charge in [-0.2, -0.15) is 0 Å². The van der Waals surface area contributed by atoms with Crippen molar-refractivity contribution in [3.05, 3.63) is 42.0 Å². The van der Waals surface area contributed by atoms with Gasteiger partial charge in [-0.3, -0.25) is 0 Å². The Morgan fingerprint density at radius 1 is 1.18 bits per heavy atom. The van der Waals surface area contributed by atoms with Gasteiger partial charge in [0.2, 0.25) is 0 Å². The number of fused-ring (bicyclic) bond motifs is 2. The van der Waals surface area contributed by atoms with Gasteiger partial charge in [-0.1, -0.05) is 0 Å². The lowest BCUT2D eigenvalue weighted by Crippen LogP contribution is -2.54. The van der Waals surface area contributed by atoms with Crippen LogP contribution in [0.5, 0.6) is 5.75 Å². The number of anilines is 1. The number of aromatic amines is 1. The van der Waals surface area contributed by atoms with Crippen molar-refractivity contribution in [1.29, 1.82) is 0 Å².